The number of carbonyl (C=O) groups is 1. The molecule has 0 bridgehead atoms. The molecule has 2 heterocycles. The number of fused-ring (bicyclic) bond motifs is 1. The van der Waals surface area contributed by atoms with E-state index in [1.165, 1.54) is 4.31 Å². The van der Waals surface area contributed by atoms with Gasteiger partial charge in [0.05, 0.1) is 18.8 Å². The highest BCUT2D eigenvalue weighted by Gasteiger charge is 2.33. The van der Waals surface area contributed by atoms with Gasteiger partial charge in [0.25, 0.3) is 0 Å². The minimum atomic E-state index is -3.40. The number of rotatable bonds is 5. The van der Waals surface area contributed by atoms with E-state index < -0.39 is 10.0 Å². The Balaban J connectivity index is 1.93. The number of hydrogen-bond acceptors (Lipinski definition) is 3. The molecule has 1 aromatic carbocycles. The maximum Gasteiger partial charge on any atom is 0.238 e. The van der Waals surface area contributed by atoms with Crippen LogP contribution >= 0.6 is 0 Å². The molecule has 1 unspecified atom stereocenters. The molecule has 3 rings (SSSR count). The summed E-state index contributed by atoms with van der Waals surface area (Å²) in [5, 5.41) is 0. The lowest BCUT2D eigenvalue weighted by molar-refractivity contribution is -0.134. The van der Waals surface area contributed by atoms with Gasteiger partial charge in [0.1, 0.15) is 0 Å². The van der Waals surface area contributed by atoms with Crippen LogP contribution in [0.25, 0.3) is 0 Å². The first-order chi connectivity index (χ1) is 11.9. The molecular formula is C18H23N3O3S. The number of amides is 1. The fraction of sp³-hybridized carbons (Fsp3) is 0.389. The van der Waals surface area contributed by atoms with Crippen LogP contribution < -0.4 is 0 Å². The molecule has 1 aromatic heterocycles. The summed E-state index contributed by atoms with van der Waals surface area (Å²) in [4.78, 5) is 14.7. The van der Waals surface area contributed by atoms with E-state index >= 15 is 0 Å². The highest BCUT2D eigenvalue weighted by molar-refractivity contribution is 7.88. The van der Waals surface area contributed by atoms with Gasteiger partial charge in [-0.15, -0.1) is 0 Å². The lowest BCUT2D eigenvalue weighted by atomic mass is 10.00. The van der Waals surface area contributed by atoms with Crippen LogP contribution in [0.3, 0.4) is 0 Å². The van der Waals surface area contributed by atoms with E-state index in [4.69, 9.17) is 0 Å². The predicted octanol–water partition coefficient (Wildman–Crippen LogP) is 1.70. The molecule has 0 N–H and O–H groups in total. The van der Waals surface area contributed by atoms with Gasteiger partial charge in [-0.05, 0) is 17.7 Å². The lowest BCUT2D eigenvalue weighted by Gasteiger charge is -2.38. The van der Waals surface area contributed by atoms with Gasteiger partial charge in [0.2, 0.25) is 15.9 Å². The van der Waals surface area contributed by atoms with Crippen LogP contribution in [0.1, 0.15) is 24.2 Å². The minimum Gasteiger partial charge on any atom is -0.348 e. The number of likely N-dealkylation sites (N-methyl/N-ethyl adjacent to an activating group) is 1. The average Bonchev–Trinajstić information content (AvgIpc) is 3.06. The minimum absolute atomic E-state index is 0.126. The number of sulfonamides is 1. The van der Waals surface area contributed by atoms with Crippen LogP contribution in [0.5, 0.6) is 0 Å². The second-order valence-corrected chi connectivity index (χ2v) is 8.20. The topological polar surface area (TPSA) is 62.6 Å². The van der Waals surface area contributed by atoms with Crippen molar-refractivity contribution in [1.82, 2.24) is 13.8 Å². The molecule has 1 aliphatic rings. The van der Waals surface area contributed by atoms with Gasteiger partial charge < -0.3 is 9.47 Å². The largest absolute Gasteiger partial charge is 0.348 e. The second-order valence-electron chi connectivity index (χ2n) is 6.22. The third-order valence-electron chi connectivity index (χ3n) is 4.61. The van der Waals surface area contributed by atoms with Crippen molar-refractivity contribution in [2.45, 2.75) is 19.5 Å². The van der Waals surface area contributed by atoms with Crippen molar-refractivity contribution < 1.29 is 13.2 Å². The molecular weight excluding hydrogens is 338 g/mol. The highest BCUT2D eigenvalue weighted by atomic mass is 32.2. The van der Waals surface area contributed by atoms with E-state index in [0.29, 0.717) is 13.1 Å². The van der Waals surface area contributed by atoms with Gasteiger partial charge in [-0.2, -0.15) is 4.31 Å². The van der Waals surface area contributed by atoms with Crippen LogP contribution in [0.4, 0.5) is 0 Å². The van der Waals surface area contributed by atoms with Gasteiger partial charge in [0, 0.05) is 31.5 Å². The zero-order valence-electron chi connectivity index (χ0n) is 14.5. The van der Waals surface area contributed by atoms with Crippen LogP contribution in [-0.4, -0.2) is 54.0 Å². The third-order valence-corrected chi connectivity index (χ3v) is 5.93. The molecule has 0 fully saturated rings. The first-order valence-electron chi connectivity index (χ1n) is 8.36. The van der Waals surface area contributed by atoms with Crippen molar-refractivity contribution in [3.63, 3.8) is 0 Å². The van der Waals surface area contributed by atoms with Gasteiger partial charge in [-0.1, -0.05) is 37.3 Å². The summed E-state index contributed by atoms with van der Waals surface area (Å²) in [5.74, 6) is -0.173. The number of nitrogens with zero attached hydrogens (tertiary/aromatic N) is 3. The number of aromatic nitrogens is 1. The van der Waals surface area contributed by atoms with Gasteiger partial charge in [-0.25, -0.2) is 8.42 Å². The highest BCUT2D eigenvalue weighted by Crippen LogP contribution is 2.32. The van der Waals surface area contributed by atoms with Crippen LogP contribution in [0.15, 0.2) is 48.7 Å². The van der Waals surface area contributed by atoms with E-state index in [1.54, 1.807) is 11.8 Å². The van der Waals surface area contributed by atoms with Crippen molar-refractivity contribution in [3.05, 3.63) is 59.9 Å². The Labute approximate surface area is 148 Å². The quantitative estimate of drug-likeness (QED) is 0.814. The molecule has 0 spiro atoms. The first kappa shape index (κ1) is 17.7. The number of hydrogen-bond donors (Lipinski definition) is 0. The molecule has 0 aliphatic carbocycles. The fourth-order valence-corrected chi connectivity index (χ4v) is 4.16. The smallest absolute Gasteiger partial charge is 0.238 e. The molecule has 1 atom stereocenters. The molecule has 7 heteroatoms. The Morgan fingerprint density at radius 1 is 1.16 bits per heavy atom. The normalized spacial score (nSPS) is 17.6. The van der Waals surface area contributed by atoms with Crippen molar-refractivity contribution in [2.24, 2.45) is 0 Å². The maximum absolute atomic E-state index is 12.9. The van der Waals surface area contributed by atoms with Gasteiger partial charge >= 0.3 is 0 Å². The average molecular weight is 361 g/mol. The molecule has 0 radical (unpaired) electrons. The lowest BCUT2D eigenvalue weighted by Crippen LogP contribution is -2.47. The first-order valence-corrected chi connectivity index (χ1v) is 10.2. The van der Waals surface area contributed by atoms with Crippen LogP contribution in [-0.2, 0) is 21.4 Å². The van der Waals surface area contributed by atoms with Gasteiger partial charge in [-0.3, -0.25) is 4.79 Å². The Kier molecular flexibility index (Phi) is 4.96. The summed E-state index contributed by atoms with van der Waals surface area (Å²) >= 11 is 0. The van der Waals surface area contributed by atoms with E-state index in [-0.39, 0.29) is 25.0 Å². The van der Waals surface area contributed by atoms with Crippen LogP contribution in [0, 0.1) is 0 Å². The maximum atomic E-state index is 12.9. The molecule has 1 aliphatic heterocycles. The molecule has 1 amide bonds. The summed E-state index contributed by atoms with van der Waals surface area (Å²) in [7, 11) is -3.40. The molecule has 25 heavy (non-hydrogen) atoms. The van der Waals surface area contributed by atoms with Crippen molar-refractivity contribution in [1.29, 1.82) is 0 Å². The molecule has 134 valence electrons. The predicted molar refractivity (Wildman–Crippen MR) is 96.5 cm³/mol. The number of carbonyl (C=O) groups excluding carboxylic acids is 1. The van der Waals surface area contributed by atoms with Crippen molar-refractivity contribution in [2.75, 3.05) is 25.9 Å². The van der Waals surface area contributed by atoms with E-state index in [1.807, 2.05) is 48.7 Å². The Hall–Kier alpha value is -2.12. The monoisotopic (exact) mass is 361 g/mol. The molecule has 2 aromatic rings. The summed E-state index contributed by atoms with van der Waals surface area (Å²) < 4.78 is 27.0. The van der Waals surface area contributed by atoms with Gasteiger partial charge in [0.15, 0.2) is 0 Å². The standard InChI is InChI=1S/C18H23N3O3S/c1-3-20(25(2,23)24)14-17(22)21-13-12-19-11-7-10-16(19)18(21)15-8-5-4-6-9-15/h4-11,18H,3,12-14H2,1-2H3. The van der Waals surface area contributed by atoms with Crippen molar-refractivity contribution >= 4 is 15.9 Å². The molecule has 0 saturated heterocycles. The van der Waals surface area contributed by atoms with E-state index in [0.717, 1.165) is 17.5 Å². The number of benzene rings is 1. The Morgan fingerprint density at radius 2 is 1.88 bits per heavy atom. The zero-order valence-corrected chi connectivity index (χ0v) is 15.3. The molecule has 6 nitrogen and oxygen atoms in total. The Bertz CT molecular complexity index is 845. The van der Waals surface area contributed by atoms with E-state index in [9.17, 15) is 13.2 Å². The fourth-order valence-electron chi connectivity index (χ4n) is 3.34. The summed E-state index contributed by atoms with van der Waals surface area (Å²) in [6.45, 7) is 3.17. The summed E-state index contributed by atoms with van der Waals surface area (Å²) in [6.07, 6.45) is 3.15. The Morgan fingerprint density at radius 3 is 2.52 bits per heavy atom. The van der Waals surface area contributed by atoms with E-state index in [2.05, 4.69) is 4.57 Å². The molecule has 0 saturated carbocycles. The van der Waals surface area contributed by atoms with Crippen molar-refractivity contribution in [3.8, 4) is 0 Å². The SMILES string of the molecule is CCN(CC(=O)N1CCn2cccc2C1c1ccccc1)S(C)(=O)=O. The third kappa shape index (κ3) is 3.62. The summed E-state index contributed by atoms with van der Waals surface area (Å²) in [6, 6.07) is 13.7. The summed E-state index contributed by atoms with van der Waals surface area (Å²) in [5.41, 5.74) is 2.08. The zero-order chi connectivity index (χ0) is 18.0. The second kappa shape index (κ2) is 7.01. The van der Waals surface area contributed by atoms with Crippen LogP contribution in [0.2, 0.25) is 0 Å².